The van der Waals surface area contributed by atoms with Crippen LogP contribution in [0.4, 0.5) is 13.2 Å². The smallest absolute Gasteiger partial charge is 0.329 e. The summed E-state index contributed by atoms with van der Waals surface area (Å²) in [4.78, 5) is 13.1. The minimum Gasteiger partial charge on any atom is -0.329 e. The lowest BCUT2D eigenvalue weighted by molar-refractivity contribution is -0.167. The van der Waals surface area contributed by atoms with E-state index in [2.05, 4.69) is 0 Å². The summed E-state index contributed by atoms with van der Waals surface area (Å²) in [7, 11) is 0. The number of nitrogens with zero attached hydrogens (tertiary/aromatic N) is 2. The summed E-state index contributed by atoms with van der Waals surface area (Å²) in [5, 5.41) is 9.12. The zero-order chi connectivity index (χ0) is 14.0. The molecule has 3 nitrogen and oxygen atoms in total. The molecule has 1 aliphatic carbocycles. The third-order valence-corrected chi connectivity index (χ3v) is 3.43. The van der Waals surface area contributed by atoms with Crippen molar-refractivity contribution in [2.24, 2.45) is 5.41 Å². The van der Waals surface area contributed by atoms with Crippen LogP contribution in [0.15, 0.2) is 0 Å². The van der Waals surface area contributed by atoms with Gasteiger partial charge in [0, 0.05) is 6.04 Å². The van der Waals surface area contributed by atoms with Crippen molar-refractivity contribution in [3.63, 3.8) is 0 Å². The third-order valence-electron chi connectivity index (χ3n) is 3.43. The van der Waals surface area contributed by atoms with Crippen LogP contribution in [0, 0.1) is 16.7 Å². The van der Waals surface area contributed by atoms with E-state index in [1.165, 1.54) is 0 Å². The summed E-state index contributed by atoms with van der Waals surface area (Å²) >= 11 is 0. The zero-order valence-electron chi connectivity index (χ0n) is 10.5. The Labute approximate surface area is 105 Å². The fraction of sp³-hybridized carbons (Fsp3) is 0.833. The lowest BCUT2D eigenvalue weighted by Gasteiger charge is -2.31. The Kier molecular flexibility index (Phi) is 4.25. The van der Waals surface area contributed by atoms with Crippen LogP contribution in [0.3, 0.4) is 0 Å². The van der Waals surface area contributed by atoms with Crippen molar-refractivity contribution in [2.75, 3.05) is 6.54 Å². The van der Waals surface area contributed by atoms with Gasteiger partial charge in [-0.05, 0) is 25.7 Å². The summed E-state index contributed by atoms with van der Waals surface area (Å²) < 4.78 is 37.4. The number of hydrogen-bond donors (Lipinski definition) is 0. The molecule has 0 aromatic heterocycles. The minimum atomic E-state index is -4.42. The highest BCUT2D eigenvalue weighted by Crippen LogP contribution is 2.36. The van der Waals surface area contributed by atoms with E-state index < -0.39 is 24.0 Å². The number of amides is 1. The van der Waals surface area contributed by atoms with Gasteiger partial charge in [-0.25, -0.2) is 0 Å². The van der Waals surface area contributed by atoms with E-state index in [-0.39, 0.29) is 18.9 Å². The third kappa shape index (κ3) is 3.15. The zero-order valence-corrected chi connectivity index (χ0v) is 10.5. The Balaban J connectivity index is 2.92. The molecule has 0 aromatic carbocycles. The Morgan fingerprint density at radius 1 is 1.33 bits per heavy atom. The van der Waals surface area contributed by atoms with Gasteiger partial charge in [-0.3, -0.25) is 4.79 Å². The second-order valence-electron chi connectivity index (χ2n) is 4.68. The molecular weight excluding hydrogens is 245 g/mol. The number of alkyl halides is 3. The van der Waals surface area contributed by atoms with Crippen LogP contribution in [0.2, 0.25) is 0 Å². The predicted molar refractivity (Wildman–Crippen MR) is 59.4 cm³/mol. The van der Waals surface area contributed by atoms with E-state index in [4.69, 9.17) is 5.26 Å². The standard InChI is InChI=1S/C12H17F3N2O/c1-3-11(4-2,7-16)10(18)17(9-5-6-9)8-12(13,14)15/h9H,3-6,8H2,1-2H3. The molecule has 0 bridgehead atoms. The fourth-order valence-corrected chi connectivity index (χ4v) is 1.98. The Morgan fingerprint density at radius 2 is 1.83 bits per heavy atom. The fourth-order valence-electron chi connectivity index (χ4n) is 1.98. The van der Waals surface area contributed by atoms with Gasteiger partial charge in [0.2, 0.25) is 5.91 Å². The van der Waals surface area contributed by atoms with Crippen molar-refractivity contribution in [3.05, 3.63) is 0 Å². The van der Waals surface area contributed by atoms with Gasteiger partial charge in [0.25, 0.3) is 0 Å². The molecule has 0 spiro atoms. The number of carbonyl (C=O) groups excluding carboxylic acids is 1. The first-order valence-corrected chi connectivity index (χ1v) is 6.08. The van der Waals surface area contributed by atoms with Crippen LogP contribution in [-0.4, -0.2) is 29.6 Å². The molecule has 0 N–H and O–H groups in total. The van der Waals surface area contributed by atoms with Gasteiger partial charge in [-0.1, -0.05) is 13.8 Å². The summed E-state index contributed by atoms with van der Waals surface area (Å²) in [5.41, 5.74) is -1.31. The Hall–Kier alpha value is -1.25. The number of halogens is 3. The largest absolute Gasteiger partial charge is 0.406 e. The average Bonchev–Trinajstić information content (AvgIpc) is 3.11. The number of carbonyl (C=O) groups is 1. The summed E-state index contributed by atoms with van der Waals surface area (Å²) in [6, 6.07) is 1.56. The van der Waals surface area contributed by atoms with Gasteiger partial charge in [0.15, 0.2) is 0 Å². The maximum absolute atomic E-state index is 12.5. The molecule has 1 aliphatic rings. The monoisotopic (exact) mass is 262 g/mol. The first kappa shape index (κ1) is 14.8. The van der Waals surface area contributed by atoms with E-state index in [9.17, 15) is 18.0 Å². The molecule has 0 radical (unpaired) electrons. The summed E-state index contributed by atoms with van der Waals surface area (Å²) in [6.45, 7) is 2.06. The Morgan fingerprint density at radius 3 is 2.11 bits per heavy atom. The minimum absolute atomic E-state index is 0.236. The quantitative estimate of drug-likeness (QED) is 0.764. The molecule has 0 atom stereocenters. The van der Waals surface area contributed by atoms with Crippen molar-refractivity contribution < 1.29 is 18.0 Å². The molecule has 0 aliphatic heterocycles. The van der Waals surface area contributed by atoms with Crippen molar-refractivity contribution in [2.45, 2.75) is 51.7 Å². The molecule has 1 saturated carbocycles. The van der Waals surface area contributed by atoms with Crippen LogP contribution >= 0.6 is 0 Å². The van der Waals surface area contributed by atoms with Gasteiger partial charge in [-0.15, -0.1) is 0 Å². The maximum atomic E-state index is 12.5. The molecule has 102 valence electrons. The molecule has 18 heavy (non-hydrogen) atoms. The van der Waals surface area contributed by atoms with Crippen LogP contribution in [0.5, 0.6) is 0 Å². The lowest BCUT2D eigenvalue weighted by Crippen LogP contribution is -2.48. The molecule has 0 heterocycles. The van der Waals surface area contributed by atoms with Crippen LogP contribution < -0.4 is 0 Å². The molecule has 1 fully saturated rings. The predicted octanol–water partition coefficient (Wildman–Crippen LogP) is 2.87. The Bertz CT molecular complexity index is 351. The molecule has 0 aromatic rings. The van der Waals surface area contributed by atoms with Gasteiger partial charge >= 0.3 is 6.18 Å². The van der Waals surface area contributed by atoms with E-state index in [0.717, 1.165) is 4.90 Å². The highest BCUT2D eigenvalue weighted by atomic mass is 19.4. The molecule has 1 amide bonds. The van der Waals surface area contributed by atoms with Crippen LogP contribution in [-0.2, 0) is 4.79 Å². The highest BCUT2D eigenvalue weighted by Gasteiger charge is 2.47. The van der Waals surface area contributed by atoms with E-state index in [1.54, 1.807) is 13.8 Å². The van der Waals surface area contributed by atoms with Crippen molar-refractivity contribution in [1.82, 2.24) is 4.90 Å². The van der Waals surface area contributed by atoms with E-state index in [0.29, 0.717) is 12.8 Å². The molecular formula is C12H17F3N2O. The molecule has 0 saturated heterocycles. The summed E-state index contributed by atoms with van der Waals surface area (Å²) in [5.74, 6) is -0.671. The van der Waals surface area contributed by atoms with Gasteiger partial charge in [0.05, 0.1) is 6.07 Å². The van der Waals surface area contributed by atoms with Crippen LogP contribution in [0.25, 0.3) is 0 Å². The maximum Gasteiger partial charge on any atom is 0.406 e. The van der Waals surface area contributed by atoms with Crippen molar-refractivity contribution >= 4 is 5.91 Å². The van der Waals surface area contributed by atoms with Gasteiger partial charge < -0.3 is 4.90 Å². The number of rotatable bonds is 5. The molecule has 1 rings (SSSR count). The number of hydrogen-bond acceptors (Lipinski definition) is 2. The van der Waals surface area contributed by atoms with Crippen molar-refractivity contribution in [1.29, 1.82) is 5.26 Å². The first-order valence-electron chi connectivity index (χ1n) is 6.08. The second kappa shape index (κ2) is 5.17. The SMILES string of the molecule is CCC(C#N)(CC)C(=O)N(CC(F)(F)F)C1CC1. The molecule has 0 unspecified atom stereocenters. The topological polar surface area (TPSA) is 44.1 Å². The van der Waals surface area contributed by atoms with Crippen molar-refractivity contribution in [3.8, 4) is 6.07 Å². The van der Waals surface area contributed by atoms with Gasteiger partial charge in [0.1, 0.15) is 12.0 Å². The van der Waals surface area contributed by atoms with E-state index in [1.807, 2.05) is 6.07 Å². The summed E-state index contributed by atoms with van der Waals surface area (Å²) in [6.07, 6.45) is -2.76. The highest BCUT2D eigenvalue weighted by molar-refractivity contribution is 5.86. The molecule has 6 heteroatoms. The van der Waals surface area contributed by atoms with Gasteiger partial charge in [-0.2, -0.15) is 18.4 Å². The normalized spacial score (nSPS) is 16.2. The number of nitriles is 1. The van der Waals surface area contributed by atoms with E-state index >= 15 is 0 Å². The lowest BCUT2D eigenvalue weighted by atomic mass is 9.82. The van der Waals surface area contributed by atoms with Crippen LogP contribution in [0.1, 0.15) is 39.5 Å². The second-order valence-corrected chi connectivity index (χ2v) is 4.68. The first-order chi connectivity index (χ1) is 8.29. The average molecular weight is 262 g/mol.